The predicted molar refractivity (Wildman–Crippen MR) is 51.4 cm³/mol. The number of nitrogens with zero attached hydrogens (tertiary/aromatic N) is 1. The second-order valence-electron chi connectivity index (χ2n) is 2.26. The van der Waals surface area contributed by atoms with Gasteiger partial charge in [0.25, 0.3) is 0 Å². The van der Waals surface area contributed by atoms with E-state index in [1.54, 1.807) is 0 Å². The molecule has 1 atom stereocenters. The van der Waals surface area contributed by atoms with E-state index in [0.717, 1.165) is 15.8 Å². The van der Waals surface area contributed by atoms with Crippen LogP contribution in [0, 0.1) is 11.3 Å². The molecule has 4 heteroatoms. The van der Waals surface area contributed by atoms with Crippen molar-refractivity contribution in [3.05, 3.63) is 21.3 Å². The Bertz CT molecular complexity index is 289. The van der Waals surface area contributed by atoms with Crippen molar-refractivity contribution in [3.63, 3.8) is 0 Å². The number of hydrogen-bond donors (Lipinski definition) is 1. The molecular formula is C8H9ClN2S. The molecular weight excluding hydrogens is 192 g/mol. The van der Waals surface area contributed by atoms with E-state index in [1.165, 1.54) is 11.3 Å². The molecule has 64 valence electrons. The highest BCUT2D eigenvalue weighted by Gasteiger charge is 2.10. The maximum absolute atomic E-state index is 8.77. The van der Waals surface area contributed by atoms with Crippen molar-refractivity contribution in [1.82, 2.24) is 5.32 Å². The molecule has 2 nitrogen and oxygen atoms in total. The Hall–Kier alpha value is -0.560. The third kappa shape index (κ3) is 2.21. The molecule has 1 heterocycles. The standard InChI is InChI=1S/C8H9ClN2S/c1-2-11-6(5-10)7-3-4-8(9)12-7/h3-4,6,11H,2H2,1H3. The third-order valence-electron chi connectivity index (χ3n) is 1.42. The van der Waals surface area contributed by atoms with Gasteiger partial charge in [0.1, 0.15) is 6.04 Å². The molecule has 0 bridgehead atoms. The molecule has 1 N–H and O–H groups in total. The first kappa shape index (κ1) is 9.53. The van der Waals surface area contributed by atoms with Crippen LogP contribution in [-0.4, -0.2) is 6.54 Å². The summed E-state index contributed by atoms with van der Waals surface area (Å²) in [5.41, 5.74) is 0. The van der Waals surface area contributed by atoms with Gasteiger partial charge in [0, 0.05) is 4.88 Å². The quantitative estimate of drug-likeness (QED) is 0.814. The largest absolute Gasteiger partial charge is 0.298 e. The first-order valence-electron chi connectivity index (χ1n) is 3.66. The lowest BCUT2D eigenvalue weighted by molar-refractivity contribution is 0.667. The van der Waals surface area contributed by atoms with Crippen molar-refractivity contribution < 1.29 is 0 Å². The van der Waals surface area contributed by atoms with Crippen molar-refractivity contribution in [2.45, 2.75) is 13.0 Å². The molecule has 0 spiro atoms. The van der Waals surface area contributed by atoms with E-state index in [4.69, 9.17) is 16.9 Å². The molecule has 1 unspecified atom stereocenters. The van der Waals surface area contributed by atoms with Crippen molar-refractivity contribution in [3.8, 4) is 6.07 Å². The van der Waals surface area contributed by atoms with Gasteiger partial charge in [-0.2, -0.15) is 5.26 Å². The summed E-state index contributed by atoms with van der Waals surface area (Å²) in [7, 11) is 0. The van der Waals surface area contributed by atoms with Crippen molar-refractivity contribution in [2.75, 3.05) is 6.54 Å². The van der Waals surface area contributed by atoms with Crippen LogP contribution in [-0.2, 0) is 0 Å². The number of nitrogens with one attached hydrogen (secondary N) is 1. The molecule has 0 aliphatic heterocycles. The Labute approximate surface area is 80.8 Å². The Kier molecular flexibility index (Phi) is 3.54. The van der Waals surface area contributed by atoms with E-state index in [1.807, 2.05) is 19.1 Å². The van der Waals surface area contributed by atoms with E-state index >= 15 is 0 Å². The van der Waals surface area contributed by atoms with E-state index < -0.39 is 0 Å². The summed E-state index contributed by atoms with van der Waals surface area (Å²) in [4.78, 5) is 0.976. The molecule has 1 aromatic rings. The van der Waals surface area contributed by atoms with Gasteiger partial charge in [-0.15, -0.1) is 11.3 Å². The minimum atomic E-state index is -0.215. The van der Waals surface area contributed by atoms with Gasteiger partial charge in [-0.25, -0.2) is 0 Å². The van der Waals surface area contributed by atoms with E-state index in [2.05, 4.69) is 11.4 Å². The smallest absolute Gasteiger partial charge is 0.130 e. The zero-order chi connectivity index (χ0) is 8.97. The molecule has 12 heavy (non-hydrogen) atoms. The van der Waals surface area contributed by atoms with Gasteiger partial charge < -0.3 is 0 Å². The van der Waals surface area contributed by atoms with Gasteiger partial charge in [-0.05, 0) is 18.7 Å². The zero-order valence-corrected chi connectivity index (χ0v) is 8.25. The monoisotopic (exact) mass is 200 g/mol. The summed E-state index contributed by atoms with van der Waals surface area (Å²) in [5, 5.41) is 11.8. The first-order valence-corrected chi connectivity index (χ1v) is 4.85. The molecule has 1 aromatic heterocycles. The molecule has 0 radical (unpaired) electrons. The van der Waals surface area contributed by atoms with Crippen LogP contribution in [0.25, 0.3) is 0 Å². The van der Waals surface area contributed by atoms with Gasteiger partial charge in [0.15, 0.2) is 0 Å². The third-order valence-corrected chi connectivity index (χ3v) is 2.71. The fourth-order valence-corrected chi connectivity index (χ4v) is 1.98. The molecule has 0 saturated carbocycles. The SMILES string of the molecule is CCNC(C#N)c1ccc(Cl)s1. The molecule has 0 aromatic carbocycles. The summed E-state index contributed by atoms with van der Waals surface area (Å²) >= 11 is 7.18. The maximum Gasteiger partial charge on any atom is 0.130 e. The van der Waals surface area contributed by atoms with Crippen LogP contribution in [0.2, 0.25) is 4.34 Å². The van der Waals surface area contributed by atoms with Gasteiger partial charge in [-0.3, -0.25) is 5.32 Å². The second-order valence-corrected chi connectivity index (χ2v) is 4.01. The highest BCUT2D eigenvalue weighted by Crippen LogP contribution is 2.26. The molecule has 0 saturated heterocycles. The molecule has 0 amide bonds. The Morgan fingerprint density at radius 2 is 2.50 bits per heavy atom. The highest BCUT2D eigenvalue weighted by atomic mass is 35.5. The lowest BCUT2D eigenvalue weighted by Crippen LogP contribution is -2.17. The lowest BCUT2D eigenvalue weighted by Gasteiger charge is -2.05. The summed E-state index contributed by atoms with van der Waals surface area (Å²) < 4.78 is 0.725. The van der Waals surface area contributed by atoms with Gasteiger partial charge >= 0.3 is 0 Å². The van der Waals surface area contributed by atoms with Crippen LogP contribution >= 0.6 is 22.9 Å². The average molecular weight is 201 g/mol. The predicted octanol–water partition coefficient (Wildman–Crippen LogP) is 2.58. The van der Waals surface area contributed by atoms with Gasteiger partial charge in [-0.1, -0.05) is 18.5 Å². The Balaban J connectivity index is 2.74. The molecule has 0 fully saturated rings. The van der Waals surface area contributed by atoms with E-state index in [9.17, 15) is 0 Å². The number of nitriles is 1. The zero-order valence-electron chi connectivity index (χ0n) is 6.67. The van der Waals surface area contributed by atoms with Crippen LogP contribution in [0.5, 0.6) is 0 Å². The Morgan fingerprint density at radius 1 is 1.75 bits per heavy atom. The highest BCUT2D eigenvalue weighted by molar-refractivity contribution is 7.16. The van der Waals surface area contributed by atoms with E-state index in [0.29, 0.717) is 0 Å². The number of rotatable bonds is 3. The van der Waals surface area contributed by atoms with Crippen LogP contribution in [0.1, 0.15) is 17.8 Å². The number of thiophene rings is 1. The summed E-state index contributed by atoms with van der Waals surface area (Å²) in [6, 6.07) is 5.65. The fourth-order valence-electron chi connectivity index (χ4n) is 0.897. The van der Waals surface area contributed by atoms with E-state index in [-0.39, 0.29) is 6.04 Å². The van der Waals surface area contributed by atoms with Crippen LogP contribution in [0.15, 0.2) is 12.1 Å². The summed E-state index contributed by atoms with van der Waals surface area (Å²) in [6.45, 7) is 2.76. The fraction of sp³-hybridized carbons (Fsp3) is 0.375. The maximum atomic E-state index is 8.77. The number of halogens is 1. The lowest BCUT2D eigenvalue weighted by atomic mass is 10.3. The van der Waals surface area contributed by atoms with Crippen LogP contribution < -0.4 is 5.32 Å². The van der Waals surface area contributed by atoms with Crippen LogP contribution in [0.4, 0.5) is 0 Å². The summed E-state index contributed by atoms with van der Waals surface area (Å²) in [5.74, 6) is 0. The van der Waals surface area contributed by atoms with Crippen molar-refractivity contribution in [2.24, 2.45) is 0 Å². The first-order chi connectivity index (χ1) is 5.77. The van der Waals surface area contributed by atoms with Crippen molar-refractivity contribution >= 4 is 22.9 Å². The minimum absolute atomic E-state index is 0.215. The summed E-state index contributed by atoms with van der Waals surface area (Å²) in [6.07, 6.45) is 0. The normalized spacial score (nSPS) is 12.4. The average Bonchev–Trinajstić information content (AvgIpc) is 2.47. The molecule has 0 aliphatic rings. The topological polar surface area (TPSA) is 35.8 Å². The Morgan fingerprint density at radius 3 is 2.92 bits per heavy atom. The number of hydrogen-bond acceptors (Lipinski definition) is 3. The van der Waals surface area contributed by atoms with Gasteiger partial charge in [0.2, 0.25) is 0 Å². The van der Waals surface area contributed by atoms with Crippen LogP contribution in [0.3, 0.4) is 0 Å². The minimum Gasteiger partial charge on any atom is -0.298 e. The van der Waals surface area contributed by atoms with Crippen molar-refractivity contribution in [1.29, 1.82) is 5.26 Å². The second kappa shape index (κ2) is 4.46. The molecule has 1 rings (SSSR count). The van der Waals surface area contributed by atoms with Gasteiger partial charge in [0.05, 0.1) is 10.4 Å². The molecule has 0 aliphatic carbocycles.